The number of rotatable bonds is 6. The van der Waals surface area contributed by atoms with E-state index < -0.39 is 0 Å². The average molecular weight is 376 g/mol. The normalized spacial score (nSPS) is 20.8. The third-order valence-electron chi connectivity index (χ3n) is 5.58. The van der Waals surface area contributed by atoms with Gasteiger partial charge in [-0.15, -0.1) is 0 Å². The molecule has 144 valence electrons. The first-order valence-corrected chi connectivity index (χ1v) is 9.78. The summed E-state index contributed by atoms with van der Waals surface area (Å²) in [6, 6.07) is 16.5. The third-order valence-corrected chi connectivity index (χ3v) is 5.58. The van der Waals surface area contributed by atoms with Crippen LogP contribution in [0.15, 0.2) is 48.7 Å². The Kier molecular flexibility index (Phi) is 5.54. The third kappa shape index (κ3) is 4.00. The first-order chi connectivity index (χ1) is 13.7. The smallest absolute Gasteiger partial charge is 0.248 e. The summed E-state index contributed by atoms with van der Waals surface area (Å²) in [4.78, 5) is 21.3. The molecule has 4 rings (SSSR count). The van der Waals surface area contributed by atoms with Crippen LogP contribution in [0.5, 0.6) is 0 Å². The van der Waals surface area contributed by atoms with Crippen LogP contribution < -0.4 is 4.90 Å². The first-order valence-electron chi connectivity index (χ1n) is 9.78. The number of nitrogens with zero attached hydrogens (tertiary/aromatic N) is 4. The second-order valence-corrected chi connectivity index (χ2v) is 7.40. The van der Waals surface area contributed by atoms with E-state index >= 15 is 0 Å². The van der Waals surface area contributed by atoms with E-state index in [0.717, 1.165) is 25.1 Å². The van der Waals surface area contributed by atoms with Crippen molar-refractivity contribution in [2.24, 2.45) is 0 Å². The molecule has 0 spiro atoms. The molecule has 2 unspecified atom stereocenters. The Morgan fingerprint density at radius 2 is 1.89 bits per heavy atom. The summed E-state index contributed by atoms with van der Waals surface area (Å²) in [6.45, 7) is 2.11. The van der Waals surface area contributed by atoms with Gasteiger partial charge in [-0.1, -0.05) is 30.3 Å². The van der Waals surface area contributed by atoms with Gasteiger partial charge in [0.05, 0.1) is 12.2 Å². The summed E-state index contributed by atoms with van der Waals surface area (Å²) in [5.41, 5.74) is 1.79. The van der Waals surface area contributed by atoms with Crippen LogP contribution in [0.3, 0.4) is 0 Å². The van der Waals surface area contributed by atoms with Gasteiger partial charge in [0, 0.05) is 31.4 Å². The number of likely N-dealkylation sites (tertiary alicyclic amines) is 1. The molecule has 2 saturated heterocycles. The summed E-state index contributed by atoms with van der Waals surface area (Å²) < 4.78 is 5.63. The molecule has 2 atom stereocenters. The predicted octanol–water partition coefficient (Wildman–Crippen LogP) is 2.39. The monoisotopic (exact) mass is 376 g/mol. The van der Waals surface area contributed by atoms with Crippen molar-refractivity contribution < 1.29 is 9.53 Å². The van der Waals surface area contributed by atoms with Crippen LogP contribution in [0, 0.1) is 11.3 Å². The topological polar surface area (TPSA) is 69.5 Å². The zero-order valence-corrected chi connectivity index (χ0v) is 15.8. The predicted molar refractivity (Wildman–Crippen MR) is 106 cm³/mol. The Bertz CT molecular complexity index is 833. The highest BCUT2D eigenvalue weighted by atomic mass is 16.5. The molecule has 0 saturated carbocycles. The van der Waals surface area contributed by atoms with Gasteiger partial charge < -0.3 is 14.5 Å². The molecule has 28 heavy (non-hydrogen) atoms. The van der Waals surface area contributed by atoms with Crippen molar-refractivity contribution in [3.05, 3.63) is 59.8 Å². The van der Waals surface area contributed by atoms with Crippen LogP contribution in [0.2, 0.25) is 0 Å². The van der Waals surface area contributed by atoms with E-state index in [1.165, 1.54) is 5.56 Å². The highest BCUT2D eigenvalue weighted by Crippen LogP contribution is 2.33. The van der Waals surface area contributed by atoms with Gasteiger partial charge in [-0.2, -0.15) is 5.26 Å². The Labute approximate surface area is 165 Å². The van der Waals surface area contributed by atoms with Crippen LogP contribution in [0.4, 0.5) is 5.82 Å². The number of anilines is 1. The van der Waals surface area contributed by atoms with Gasteiger partial charge in [0.1, 0.15) is 18.5 Å². The zero-order chi connectivity index (χ0) is 19.3. The van der Waals surface area contributed by atoms with Gasteiger partial charge in [0.2, 0.25) is 5.91 Å². The second-order valence-electron chi connectivity index (χ2n) is 7.40. The molecule has 0 aliphatic carbocycles. The maximum atomic E-state index is 12.6. The van der Waals surface area contributed by atoms with Crippen LogP contribution in [0.1, 0.15) is 24.0 Å². The van der Waals surface area contributed by atoms with Crippen molar-refractivity contribution in [1.82, 2.24) is 9.88 Å². The second kappa shape index (κ2) is 8.41. The van der Waals surface area contributed by atoms with Crippen molar-refractivity contribution >= 4 is 11.7 Å². The molecule has 6 heteroatoms. The van der Waals surface area contributed by atoms with Crippen LogP contribution in [-0.4, -0.2) is 54.2 Å². The molecular formula is C22H24N4O2. The minimum absolute atomic E-state index is 0.0670. The highest BCUT2D eigenvalue weighted by Gasteiger charge is 2.41. The lowest BCUT2D eigenvalue weighted by Crippen LogP contribution is -2.56. The SMILES string of the molecule is N#Cc1ccc(N2C3CCC2CN(C(=O)COCCc2ccccc2)C3)nc1. The van der Waals surface area contributed by atoms with E-state index in [9.17, 15) is 4.79 Å². The van der Waals surface area contributed by atoms with Gasteiger partial charge in [0.25, 0.3) is 0 Å². The van der Waals surface area contributed by atoms with Crippen molar-refractivity contribution in [3.63, 3.8) is 0 Å². The number of carbonyl (C=O) groups is 1. The molecule has 2 aromatic rings. The van der Waals surface area contributed by atoms with E-state index in [1.54, 1.807) is 12.3 Å². The zero-order valence-electron chi connectivity index (χ0n) is 15.8. The van der Waals surface area contributed by atoms with Gasteiger partial charge >= 0.3 is 0 Å². The van der Waals surface area contributed by atoms with E-state index in [4.69, 9.17) is 10.00 Å². The van der Waals surface area contributed by atoms with Crippen molar-refractivity contribution in [1.29, 1.82) is 5.26 Å². The standard InChI is InChI=1S/C22H24N4O2/c23-12-18-6-9-21(24-13-18)26-19-7-8-20(26)15-25(14-19)22(27)16-28-11-10-17-4-2-1-3-5-17/h1-6,9,13,19-20H,7-8,10-11,14-16H2. The van der Waals surface area contributed by atoms with Crippen LogP contribution in [-0.2, 0) is 16.0 Å². The number of ether oxygens (including phenoxy) is 1. The molecule has 1 amide bonds. The quantitative estimate of drug-likeness (QED) is 0.724. The first kappa shape index (κ1) is 18.5. The molecule has 1 aromatic heterocycles. The number of pyridine rings is 1. The molecular weight excluding hydrogens is 352 g/mol. The maximum Gasteiger partial charge on any atom is 0.248 e. The lowest BCUT2D eigenvalue weighted by atomic mass is 10.1. The summed E-state index contributed by atoms with van der Waals surface area (Å²) in [5.74, 6) is 0.968. The van der Waals surface area contributed by atoms with Crippen molar-refractivity contribution in [2.45, 2.75) is 31.3 Å². The van der Waals surface area contributed by atoms with E-state index in [2.05, 4.69) is 28.1 Å². The van der Waals surface area contributed by atoms with Gasteiger partial charge in [-0.05, 0) is 37.0 Å². The fourth-order valence-electron chi connectivity index (χ4n) is 4.17. The largest absolute Gasteiger partial charge is 0.371 e. The number of carbonyl (C=O) groups excluding carboxylic acids is 1. The van der Waals surface area contributed by atoms with E-state index in [0.29, 0.717) is 25.3 Å². The molecule has 0 N–H and O–H groups in total. The highest BCUT2D eigenvalue weighted by molar-refractivity contribution is 5.78. The van der Waals surface area contributed by atoms with Crippen LogP contribution in [0.25, 0.3) is 0 Å². The lowest BCUT2D eigenvalue weighted by molar-refractivity contribution is -0.137. The Morgan fingerprint density at radius 3 is 2.54 bits per heavy atom. The number of benzene rings is 1. The maximum absolute atomic E-state index is 12.6. The molecule has 2 aliphatic rings. The van der Waals surface area contributed by atoms with E-state index in [-0.39, 0.29) is 24.6 Å². The molecule has 1 aromatic carbocycles. The lowest BCUT2D eigenvalue weighted by Gasteiger charge is -2.41. The molecule has 2 aliphatic heterocycles. The molecule has 3 heterocycles. The Morgan fingerprint density at radius 1 is 1.14 bits per heavy atom. The fraction of sp³-hybridized carbons (Fsp3) is 0.409. The number of nitriles is 1. The average Bonchev–Trinajstić information content (AvgIpc) is 3.01. The van der Waals surface area contributed by atoms with Crippen LogP contribution >= 0.6 is 0 Å². The molecule has 2 fully saturated rings. The van der Waals surface area contributed by atoms with Gasteiger partial charge in [-0.25, -0.2) is 4.98 Å². The van der Waals surface area contributed by atoms with Gasteiger partial charge in [0.15, 0.2) is 0 Å². The van der Waals surface area contributed by atoms with E-state index in [1.807, 2.05) is 29.2 Å². The van der Waals surface area contributed by atoms with Crippen molar-refractivity contribution in [2.75, 3.05) is 31.2 Å². The number of hydrogen-bond donors (Lipinski definition) is 0. The number of fused-ring (bicyclic) bond motifs is 2. The minimum atomic E-state index is 0.0670. The summed E-state index contributed by atoms with van der Waals surface area (Å²) >= 11 is 0. The van der Waals surface area contributed by atoms with Gasteiger partial charge in [-0.3, -0.25) is 4.79 Å². The summed E-state index contributed by atoms with van der Waals surface area (Å²) in [7, 11) is 0. The minimum Gasteiger partial charge on any atom is -0.371 e. The fourth-order valence-corrected chi connectivity index (χ4v) is 4.17. The number of hydrogen-bond acceptors (Lipinski definition) is 5. The number of piperazine rings is 1. The number of amides is 1. The molecule has 6 nitrogen and oxygen atoms in total. The number of aromatic nitrogens is 1. The molecule has 2 bridgehead atoms. The van der Waals surface area contributed by atoms with Crippen molar-refractivity contribution in [3.8, 4) is 6.07 Å². The summed E-state index contributed by atoms with van der Waals surface area (Å²) in [5, 5.41) is 8.94. The Hall–Kier alpha value is -2.91. The Balaban J connectivity index is 1.28. The molecule has 0 radical (unpaired) electrons. The summed E-state index contributed by atoms with van der Waals surface area (Å²) in [6.07, 6.45) is 4.56.